The summed E-state index contributed by atoms with van der Waals surface area (Å²) in [6.07, 6.45) is 1.65. The van der Waals surface area contributed by atoms with Crippen LogP contribution in [0.2, 0.25) is 5.02 Å². The highest BCUT2D eigenvalue weighted by Crippen LogP contribution is 2.24. The van der Waals surface area contributed by atoms with Gasteiger partial charge in [0.1, 0.15) is 11.3 Å². The molecule has 0 radical (unpaired) electrons. The molecule has 3 aromatic rings. The SMILES string of the molecule is Fc1c(-c2ccc(Cl)cc2)nc2ccccn12. The van der Waals surface area contributed by atoms with Crippen molar-refractivity contribution in [1.82, 2.24) is 9.38 Å². The van der Waals surface area contributed by atoms with Crippen LogP contribution in [-0.2, 0) is 0 Å². The number of nitrogens with zero attached hydrogens (tertiary/aromatic N) is 2. The summed E-state index contributed by atoms with van der Waals surface area (Å²) >= 11 is 5.80. The average Bonchev–Trinajstić information content (AvgIpc) is 2.69. The molecule has 0 atom stereocenters. The quantitative estimate of drug-likeness (QED) is 0.639. The Balaban J connectivity index is 2.24. The van der Waals surface area contributed by atoms with Gasteiger partial charge in [-0.2, -0.15) is 4.39 Å². The minimum Gasteiger partial charge on any atom is -0.276 e. The molecule has 4 heteroatoms. The van der Waals surface area contributed by atoms with E-state index in [2.05, 4.69) is 4.98 Å². The Morgan fingerprint density at radius 3 is 2.53 bits per heavy atom. The molecule has 2 heterocycles. The lowest BCUT2D eigenvalue weighted by Gasteiger charge is -1.96. The van der Waals surface area contributed by atoms with E-state index in [1.807, 2.05) is 6.07 Å². The van der Waals surface area contributed by atoms with E-state index in [-0.39, 0.29) is 5.95 Å². The first-order chi connectivity index (χ1) is 8.25. The Hall–Kier alpha value is -1.87. The molecule has 0 aliphatic carbocycles. The van der Waals surface area contributed by atoms with E-state index in [9.17, 15) is 4.39 Å². The van der Waals surface area contributed by atoms with E-state index < -0.39 is 0 Å². The lowest BCUT2D eigenvalue weighted by Crippen LogP contribution is -1.87. The monoisotopic (exact) mass is 246 g/mol. The molecule has 0 N–H and O–H groups in total. The average molecular weight is 247 g/mol. The summed E-state index contributed by atoms with van der Waals surface area (Å²) in [5.74, 6) is -0.358. The lowest BCUT2D eigenvalue weighted by atomic mass is 10.2. The fraction of sp³-hybridized carbons (Fsp3) is 0. The fourth-order valence-electron chi connectivity index (χ4n) is 1.76. The van der Waals surface area contributed by atoms with Gasteiger partial charge in [-0.3, -0.25) is 4.40 Å². The van der Waals surface area contributed by atoms with E-state index in [0.29, 0.717) is 16.4 Å². The van der Waals surface area contributed by atoms with Crippen molar-refractivity contribution in [2.45, 2.75) is 0 Å². The van der Waals surface area contributed by atoms with Crippen LogP contribution in [0.1, 0.15) is 0 Å². The molecule has 0 spiro atoms. The maximum atomic E-state index is 14.1. The molecule has 2 nitrogen and oxygen atoms in total. The van der Waals surface area contributed by atoms with Gasteiger partial charge in [-0.15, -0.1) is 0 Å². The van der Waals surface area contributed by atoms with Crippen LogP contribution in [0, 0.1) is 5.95 Å². The molecule has 0 bridgehead atoms. The Kier molecular flexibility index (Phi) is 2.34. The second-order valence-electron chi connectivity index (χ2n) is 3.69. The molecular formula is C13H8ClFN2. The summed E-state index contributed by atoms with van der Waals surface area (Å²) in [5, 5.41) is 0.623. The van der Waals surface area contributed by atoms with E-state index in [1.165, 1.54) is 4.40 Å². The van der Waals surface area contributed by atoms with Crippen LogP contribution in [0.15, 0.2) is 48.7 Å². The molecular weight excluding hydrogens is 239 g/mol. The fourth-order valence-corrected chi connectivity index (χ4v) is 1.88. The molecule has 0 saturated heterocycles. The lowest BCUT2D eigenvalue weighted by molar-refractivity contribution is 0.576. The summed E-state index contributed by atoms with van der Waals surface area (Å²) < 4.78 is 15.5. The van der Waals surface area contributed by atoms with Crippen molar-refractivity contribution in [3.63, 3.8) is 0 Å². The van der Waals surface area contributed by atoms with Crippen LogP contribution in [0.25, 0.3) is 16.9 Å². The molecule has 0 saturated carbocycles. The number of hydrogen-bond donors (Lipinski definition) is 0. The van der Waals surface area contributed by atoms with Gasteiger partial charge in [0.25, 0.3) is 0 Å². The Bertz CT molecular complexity index is 673. The normalized spacial score (nSPS) is 10.9. The van der Waals surface area contributed by atoms with Crippen LogP contribution in [-0.4, -0.2) is 9.38 Å². The van der Waals surface area contributed by atoms with Crippen LogP contribution in [0.3, 0.4) is 0 Å². The van der Waals surface area contributed by atoms with Gasteiger partial charge < -0.3 is 0 Å². The zero-order chi connectivity index (χ0) is 11.8. The highest BCUT2D eigenvalue weighted by atomic mass is 35.5. The van der Waals surface area contributed by atoms with Crippen molar-refractivity contribution in [3.8, 4) is 11.3 Å². The summed E-state index contributed by atoms with van der Waals surface area (Å²) in [5.41, 5.74) is 1.65. The number of benzene rings is 1. The summed E-state index contributed by atoms with van der Waals surface area (Å²) in [7, 11) is 0. The number of hydrogen-bond acceptors (Lipinski definition) is 1. The van der Waals surface area contributed by atoms with Crippen LogP contribution < -0.4 is 0 Å². The molecule has 84 valence electrons. The van der Waals surface area contributed by atoms with Crippen molar-refractivity contribution in [2.75, 3.05) is 0 Å². The van der Waals surface area contributed by atoms with Gasteiger partial charge in [-0.05, 0) is 24.3 Å². The van der Waals surface area contributed by atoms with Gasteiger partial charge in [0.2, 0.25) is 5.95 Å². The molecule has 0 unspecified atom stereocenters. The van der Waals surface area contributed by atoms with Crippen molar-refractivity contribution < 1.29 is 4.39 Å². The third-order valence-corrected chi connectivity index (χ3v) is 2.84. The van der Waals surface area contributed by atoms with Crippen LogP contribution in [0.4, 0.5) is 4.39 Å². The van der Waals surface area contributed by atoms with E-state index >= 15 is 0 Å². The molecule has 0 amide bonds. The first kappa shape index (κ1) is 10.3. The van der Waals surface area contributed by atoms with E-state index in [1.54, 1.807) is 42.6 Å². The molecule has 0 aliphatic rings. The Labute approximate surface area is 102 Å². The molecule has 0 aliphatic heterocycles. The predicted molar refractivity (Wildman–Crippen MR) is 65.6 cm³/mol. The Morgan fingerprint density at radius 1 is 1.06 bits per heavy atom. The number of imidazole rings is 1. The second kappa shape index (κ2) is 3.86. The zero-order valence-corrected chi connectivity index (χ0v) is 9.53. The Morgan fingerprint density at radius 2 is 1.82 bits per heavy atom. The van der Waals surface area contributed by atoms with Gasteiger partial charge in [-0.1, -0.05) is 29.8 Å². The standard InChI is InChI=1S/C13H8ClFN2/c14-10-6-4-9(5-7-10)12-13(15)17-8-2-1-3-11(17)16-12/h1-8H. The van der Waals surface area contributed by atoms with Gasteiger partial charge in [0.05, 0.1) is 0 Å². The molecule has 3 rings (SSSR count). The van der Waals surface area contributed by atoms with Crippen molar-refractivity contribution >= 4 is 17.2 Å². The zero-order valence-electron chi connectivity index (χ0n) is 8.77. The first-order valence-corrected chi connectivity index (χ1v) is 5.52. The summed E-state index contributed by atoms with van der Waals surface area (Å²) in [6.45, 7) is 0. The van der Waals surface area contributed by atoms with Gasteiger partial charge in [-0.25, -0.2) is 4.98 Å². The molecule has 2 aromatic heterocycles. The predicted octanol–water partition coefficient (Wildman–Crippen LogP) is 3.79. The maximum absolute atomic E-state index is 14.1. The van der Waals surface area contributed by atoms with Gasteiger partial charge in [0.15, 0.2) is 0 Å². The van der Waals surface area contributed by atoms with E-state index in [4.69, 9.17) is 11.6 Å². The van der Waals surface area contributed by atoms with Crippen molar-refractivity contribution in [1.29, 1.82) is 0 Å². The van der Waals surface area contributed by atoms with Gasteiger partial charge >= 0.3 is 0 Å². The minimum atomic E-state index is -0.358. The van der Waals surface area contributed by atoms with E-state index in [0.717, 1.165) is 5.56 Å². The molecule has 1 aromatic carbocycles. The minimum absolute atomic E-state index is 0.341. The van der Waals surface area contributed by atoms with Gasteiger partial charge in [0, 0.05) is 16.8 Å². The second-order valence-corrected chi connectivity index (χ2v) is 4.12. The highest BCUT2D eigenvalue weighted by molar-refractivity contribution is 6.30. The number of aromatic nitrogens is 2. The molecule has 0 fully saturated rings. The highest BCUT2D eigenvalue weighted by Gasteiger charge is 2.12. The largest absolute Gasteiger partial charge is 0.276 e. The van der Waals surface area contributed by atoms with Crippen molar-refractivity contribution in [2.24, 2.45) is 0 Å². The summed E-state index contributed by atoms with van der Waals surface area (Å²) in [4.78, 5) is 4.26. The van der Waals surface area contributed by atoms with Crippen LogP contribution >= 0.6 is 11.6 Å². The smallest absolute Gasteiger partial charge is 0.225 e. The van der Waals surface area contributed by atoms with Crippen LogP contribution in [0.5, 0.6) is 0 Å². The summed E-state index contributed by atoms with van der Waals surface area (Å²) in [6, 6.07) is 12.3. The number of halogens is 2. The number of rotatable bonds is 1. The number of pyridine rings is 1. The maximum Gasteiger partial charge on any atom is 0.225 e. The van der Waals surface area contributed by atoms with Crippen molar-refractivity contribution in [3.05, 3.63) is 59.6 Å². The topological polar surface area (TPSA) is 17.3 Å². The first-order valence-electron chi connectivity index (χ1n) is 5.14. The molecule has 17 heavy (non-hydrogen) atoms. The number of fused-ring (bicyclic) bond motifs is 1. The third kappa shape index (κ3) is 1.68. The third-order valence-electron chi connectivity index (χ3n) is 2.59.